The van der Waals surface area contributed by atoms with Crippen molar-refractivity contribution in [3.05, 3.63) is 59.7 Å². The van der Waals surface area contributed by atoms with Crippen molar-refractivity contribution < 1.29 is 27.5 Å². The molecule has 2 fully saturated rings. The van der Waals surface area contributed by atoms with E-state index < -0.39 is 32.6 Å². The van der Waals surface area contributed by atoms with Gasteiger partial charge in [0, 0.05) is 19.5 Å². The van der Waals surface area contributed by atoms with Crippen LogP contribution in [0.2, 0.25) is 0 Å². The lowest BCUT2D eigenvalue weighted by Crippen LogP contribution is -2.64. The summed E-state index contributed by atoms with van der Waals surface area (Å²) in [6.45, 7) is 6.00. The summed E-state index contributed by atoms with van der Waals surface area (Å²) < 4.78 is 39.9. The van der Waals surface area contributed by atoms with Gasteiger partial charge in [0.05, 0.1) is 17.5 Å². The van der Waals surface area contributed by atoms with Gasteiger partial charge in [-0.15, -0.1) is 0 Å². The van der Waals surface area contributed by atoms with Crippen molar-refractivity contribution in [1.29, 1.82) is 0 Å². The molecule has 2 aliphatic heterocycles. The molecular weight excluding hydrogens is 518 g/mol. The zero-order valence-corrected chi connectivity index (χ0v) is 23.8. The highest BCUT2D eigenvalue weighted by Gasteiger charge is 2.55. The molecule has 2 N–H and O–H groups in total. The SMILES string of the molecule is CCOC(=O)[C@](Cc1ccc(OC2CCN(C)CC2)cc1)(NC(=O)[C@@H]1CCCN1)S(=O)(=O)c1ccc(C)cc1. The Morgan fingerprint density at radius 2 is 1.72 bits per heavy atom. The maximum absolute atomic E-state index is 14.2. The highest BCUT2D eigenvalue weighted by Crippen LogP contribution is 2.31. The fourth-order valence-electron chi connectivity index (χ4n) is 5.07. The maximum Gasteiger partial charge on any atom is 0.348 e. The molecule has 0 saturated carbocycles. The Kier molecular flexibility index (Phi) is 9.30. The molecule has 39 heavy (non-hydrogen) atoms. The molecule has 0 aromatic heterocycles. The number of aryl methyl sites for hydroxylation is 1. The molecule has 0 unspecified atom stereocenters. The number of rotatable bonds is 10. The zero-order valence-electron chi connectivity index (χ0n) is 22.9. The van der Waals surface area contributed by atoms with Crippen molar-refractivity contribution in [1.82, 2.24) is 15.5 Å². The van der Waals surface area contributed by atoms with E-state index in [4.69, 9.17) is 9.47 Å². The molecule has 0 aliphatic carbocycles. The fraction of sp³-hybridized carbons (Fsp3) is 0.517. The first-order chi connectivity index (χ1) is 18.6. The van der Waals surface area contributed by atoms with E-state index in [2.05, 4.69) is 22.6 Å². The Hall–Kier alpha value is -2.95. The van der Waals surface area contributed by atoms with Crippen LogP contribution in [0.5, 0.6) is 5.75 Å². The van der Waals surface area contributed by atoms with Gasteiger partial charge in [-0.2, -0.15) is 0 Å². The van der Waals surface area contributed by atoms with Gasteiger partial charge < -0.3 is 25.0 Å². The number of piperidine rings is 1. The maximum atomic E-state index is 14.2. The second kappa shape index (κ2) is 12.5. The third kappa shape index (κ3) is 6.62. The molecule has 2 saturated heterocycles. The van der Waals surface area contributed by atoms with Gasteiger partial charge in [0.2, 0.25) is 20.6 Å². The summed E-state index contributed by atoms with van der Waals surface area (Å²) in [6, 6.07) is 12.7. The first-order valence-electron chi connectivity index (χ1n) is 13.6. The number of benzene rings is 2. The molecule has 2 atom stereocenters. The van der Waals surface area contributed by atoms with Crippen LogP contribution in [-0.4, -0.2) is 75.5 Å². The van der Waals surface area contributed by atoms with Gasteiger partial charge in [0.25, 0.3) is 0 Å². The van der Waals surface area contributed by atoms with Gasteiger partial charge in [0.15, 0.2) is 0 Å². The summed E-state index contributed by atoms with van der Waals surface area (Å²) in [6.07, 6.45) is 3.02. The molecule has 2 aliphatic rings. The summed E-state index contributed by atoms with van der Waals surface area (Å²) >= 11 is 0. The summed E-state index contributed by atoms with van der Waals surface area (Å²) in [5.41, 5.74) is 1.42. The highest BCUT2D eigenvalue weighted by atomic mass is 32.2. The van der Waals surface area contributed by atoms with Crippen LogP contribution in [0.15, 0.2) is 53.4 Å². The number of esters is 1. The van der Waals surface area contributed by atoms with Gasteiger partial charge in [0.1, 0.15) is 11.9 Å². The number of carbonyl (C=O) groups is 2. The molecule has 2 heterocycles. The Morgan fingerprint density at radius 3 is 2.31 bits per heavy atom. The topological polar surface area (TPSA) is 114 Å². The number of hydrogen-bond acceptors (Lipinski definition) is 8. The molecular formula is C29H39N3O6S. The number of likely N-dealkylation sites (tertiary alicyclic amines) is 1. The fourth-order valence-corrected chi connectivity index (χ4v) is 6.84. The van der Waals surface area contributed by atoms with Crippen molar-refractivity contribution in [2.75, 3.05) is 33.3 Å². The smallest absolute Gasteiger partial charge is 0.348 e. The van der Waals surface area contributed by atoms with Crippen molar-refractivity contribution in [3.63, 3.8) is 0 Å². The first kappa shape index (κ1) is 29.0. The largest absolute Gasteiger partial charge is 0.490 e. The Bertz CT molecular complexity index is 1230. The van der Waals surface area contributed by atoms with Gasteiger partial charge in [-0.1, -0.05) is 29.8 Å². The van der Waals surface area contributed by atoms with Crippen molar-refractivity contribution >= 4 is 21.7 Å². The van der Waals surface area contributed by atoms with E-state index in [1.807, 2.05) is 6.92 Å². The summed E-state index contributed by atoms with van der Waals surface area (Å²) in [7, 11) is -2.34. The summed E-state index contributed by atoms with van der Waals surface area (Å²) in [4.78, 5) is 26.8. The van der Waals surface area contributed by atoms with Crippen LogP contribution in [0.4, 0.5) is 0 Å². The van der Waals surface area contributed by atoms with E-state index in [0.717, 1.165) is 37.9 Å². The van der Waals surface area contributed by atoms with Gasteiger partial charge in [-0.05, 0) is 83.0 Å². The number of amides is 1. The Morgan fingerprint density at radius 1 is 1.05 bits per heavy atom. The normalized spacial score (nSPS) is 20.2. The minimum Gasteiger partial charge on any atom is -0.490 e. The standard InChI is InChI=1S/C29H39N3O6S/c1-4-37-28(34)29(31-27(33)26-6-5-17-30-26,39(35,36)25-13-7-21(2)8-14-25)20-22-9-11-23(12-10-22)38-24-15-18-32(3)19-16-24/h7-14,24,26,30H,4-6,15-20H2,1-3H3,(H,31,33)/t26-,29+/m0/s1. The van der Waals surface area contributed by atoms with Crippen molar-refractivity contribution in [3.8, 4) is 5.75 Å². The Labute approximate surface area is 231 Å². The number of nitrogens with zero attached hydrogens (tertiary/aromatic N) is 1. The van der Waals surface area contributed by atoms with Crippen LogP contribution in [0, 0.1) is 6.92 Å². The summed E-state index contributed by atoms with van der Waals surface area (Å²) in [5.74, 6) is -0.877. The van der Waals surface area contributed by atoms with E-state index in [1.54, 1.807) is 43.3 Å². The third-order valence-corrected chi connectivity index (χ3v) is 9.67. The van der Waals surface area contributed by atoms with Crippen LogP contribution in [0.25, 0.3) is 0 Å². The average Bonchev–Trinajstić information content (AvgIpc) is 3.46. The first-order valence-corrected chi connectivity index (χ1v) is 15.1. The van der Waals surface area contributed by atoms with E-state index >= 15 is 0 Å². The number of nitrogens with one attached hydrogen (secondary N) is 2. The average molecular weight is 558 g/mol. The lowest BCUT2D eigenvalue weighted by atomic mass is 10.0. The van der Waals surface area contributed by atoms with E-state index in [-0.39, 0.29) is 24.0 Å². The predicted molar refractivity (Wildman–Crippen MR) is 148 cm³/mol. The highest BCUT2D eigenvalue weighted by molar-refractivity contribution is 7.93. The molecule has 2 aromatic rings. The third-order valence-electron chi connectivity index (χ3n) is 7.44. The second-order valence-corrected chi connectivity index (χ2v) is 12.6. The van der Waals surface area contributed by atoms with E-state index in [9.17, 15) is 18.0 Å². The van der Waals surface area contributed by atoms with E-state index in [1.165, 1.54) is 12.1 Å². The summed E-state index contributed by atoms with van der Waals surface area (Å²) in [5, 5.41) is 5.73. The number of sulfone groups is 1. The zero-order chi connectivity index (χ0) is 28.0. The minimum atomic E-state index is -4.43. The van der Waals surface area contributed by atoms with Gasteiger partial charge >= 0.3 is 5.97 Å². The van der Waals surface area contributed by atoms with Crippen molar-refractivity contribution in [2.24, 2.45) is 0 Å². The number of hydrogen-bond donors (Lipinski definition) is 2. The van der Waals surface area contributed by atoms with Crippen LogP contribution in [-0.2, 0) is 30.6 Å². The lowest BCUT2D eigenvalue weighted by molar-refractivity contribution is -0.149. The Balaban J connectivity index is 1.69. The molecule has 4 rings (SSSR count). The van der Waals surface area contributed by atoms with Gasteiger partial charge in [-0.25, -0.2) is 13.2 Å². The quantitative estimate of drug-likeness (QED) is 0.429. The van der Waals surface area contributed by atoms with E-state index in [0.29, 0.717) is 24.3 Å². The number of carbonyl (C=O) groups excluding carboxylic acids is 2. The van der Waals surface area contributed by atoms with Crippen molar-refractivity contribution in [2.45, 2.75) is 67.9 Å². The molecule has 0 radical (unpaired) electrons. The number of ether oxygens (including phenoxy) is 2. The van der Waals surface area contributed by atoms with Crippen LogP contribution in [0.1, 0.15) is 43.7 Å². The molecule has 1 amide bonds. The molecule has 0 spiro atoms. The second-order valence-electron chi connectivity index (χ2n) is 10.4. The molecule has 2 aromatic carbocycles. The molecule has 9 nitrogen and oxygen atoms in total. The predicted octanol–water partition coefficient (Wildman–Crippen LogP) is 2.61. The molecule has 0 bridgehead atoms. The van der Waals surface area contributed by atoms with Crippen LogP contribution < -0.4 is 15.4 Å². The lowest BCUT2D eigenvalue weighted by Gasteiger charge is -2.33. The molecule has 10 heteroatoms. The molecule has 212 valence electrons. The monoisotopic (exact) mass is 557 g/mol. The van der Waals surface area contributed by atoms with Crippen LogP contribution in [0.3, 0.4) is 0 Å². The minimum absolute atomic E-state index is 0.0368. The van der Waals surface area contributed by atoms with Gasteiger partial charge in [-0.3, -0.25) is 4.79 Å². The van der Waals surface area contributed by atoms with Crippen LogP contribution >= 0.6 is 0 Å².